The molecule has 6 nitrogen and oxygen atoms in total. The lowest BCUT2D eigenvalue weighted by Crippen LogP contribution is -2.42. The Labute approximate surface area is 182 Å². The summed E-state index contributed by atoms with van der Waals surface area (Å²) in [6, 6.07) is 14.0. The summed E-state index contributed by atoms with van der Waals surface area (Å²) in [6.07, 6.45) is 4.61. The maximum Gasteiger partial charge on any atom is 0.231 e. The number of likely N-dealkylation sites (tertiary alicyclic amines) is 1. The summed E-state index contributed by atoms with van der Waals surface area (Å²) in [5, 5.41) is 3.23. The molecular weight excluding hydrogens is 417 g/mol. The topological polar surface area (TPSA) is 78.5 Å². The normalized spacial score (nSPS) is 19.0. The zero-order valence-electron chi connectivity index (χ0n) is 17.6. The summed E-state index contributed by atoms with van der Waals surface area (Å²) in [7, 11) is -3.63. The van der Waals surface area contributed by atoms with E-state index >= 15 is 0 Å². The number of amides is 1. The Kier molecular flexibility index (Phi) is 6.03. The minimum Gasteiger partial charge on any atom is -0.347 e. The molecule has 1 atom stereocenters. The van der Waals surface area contributed by atoms with Gasteiger partial charge in [0.05, 0.1) is 23.4 Å². The molecule has 2 aromatic rings. The van der Waals surface area contributed by atoms with Gasteiger partial charge in [0, 0.05) is 6.54 Å². The molecule has 1 unspecified atom stereocenters. The van der Waals surface area contributed by atoms with Crippen LogP contribution in [0.15, 0.2) is 48.5 Å². The van der Waals surface area contributed by atoms with Crippen molar-refractivity contribution in [1.29, 1.82) is 0 Å². The van der Waals surface area contributed by atoms with Gasteiger partial charge in [0.25, 0.3) is 0 Å². The lowest BCUT2D eigenvalue weighted by atomic mass is 9.93. The van der Waals surface area contributed by atoms with Crippen LogP contribution in [0.4, 0.5) is 10.1 Å². The van der Waals surface area contributed by atoms with Crippen molar-refractivity contribution in [3.05, 3.63) is 65.5 Å². The van der Waals surface area contributed by atoms with E-state index in [2.05, 4.69) is 14.9 Å². The summed E-state index contributed by atoms with van der Waals surface area (Å²) in [4.78, 5) is 15.8. The van der Waals surface area contributed by atoms with E-state index in [1.807, 2.05) is 30.3 Å². The third kappa shape index (κ3) is 5.07. The van der Waals surface area contributed by atoms with Gasteiger partial charge >= 0.3 is 0 Å². The van der Waals surface area contributed by atoms with Gasteiger partial charge in [-0.3, -0.25) is 9.52 Å². The van der Waals surface area contributed by atoms with E-state index in [1.54, 1.807) is 6.07 Å². The maximum atomic E-state index is 14.1. The summed E-state index contributed by atoms with van der Waals surface area (Å²) in [6.45, 7) is 2.81. The number of sulfonamides is 1. The Morgan fingerprint density at radius 1 is 1.13 bits per heavy atom. The summed E-state index contributed by atoms with van der Waals surface area (Å²) in [5.74, 6) is -0.765. The van der Waals surface area contributed by atoms with Crippen LogP contribution in [-0.4, -0.2) is 45.1 Å². The first kappa shape index (κ1) is 21.8. The number of halogens is 1. The average Bonchev–Trinajstić information content (AvgIpc) is 3.39. The van der Waals surface area contributed by atoms with Gasteiger partial charge in [-0.1, -0.05) is 36.4 Å². The molecule has 1 heterocycles. The lowest BCUT2D eigenvalue weighted by molar-refractivity contribution is -0.124. The molecule has 1 aliphatic carbocycles. The van der Waals surface area contributed by atoms with Gasteiger partial charge in [0.2, 0.25) is 15.9 Å². The number of nitrogens with one attached hydrogen (secondary N) is 2. The van der Waals surface area contributed by atoms with Crippen molar-refractivity contribution in [3.8, 4) is 0 Å². The Hall–Kier alpha value is -2.45. The van der Waals surface area contributed by atoms with Gasteiger partial charge in [-0.25, -0.2) is 12.8 Å². The Morgan fingerprint density at radius 3 is 2.42 bits per heavy atom. The highest BCUT2D eigenvalue weighted by Gasteiger charge is 2.52. The van der Waals surface area contributed by atoms with Crippen molar-refractivity contribution in [3.63, 3.8) is 0 Å². The van der Waals surface area contributed by atoms with Gasteiger partial charge in [-0.15, -0.1) is 0 Å². The molecule has 1 saturated heterocycles. The fourth-order valence-corrected chi connectivity index (χ4v) is 4.87. The third-order valence-corrected chi connectivity index (χ3v) is 6.74. The monoisotopic (exact) mass is 445 g/mol. The van der Waals surface area contributed by atoms with Crippen LogP contribution in [0.5, 0.6) is 0 Å². The fourth-order valence-electron chi connectivity index (χ4n) is 4.31. The van der Waals surface area contributed by atoms with Crippen LogP contribution < -0.4 is 10.0 Å². The number of hydrogen-bond donors (Lipinski definition) is 2. The van der Waals surface area contributed by atoms with Gasteiger partial charge in [-0.2, -0.15) is 0 Å². The summed E-state index contributed by atoms with van der Waals surface area (Å²) in [5.41, 5.74) is 0.804. The third-order valence-electron chi connectivity index (χ3n) is 6.15. The molecule has 31 heavy (non-hydrogen) atoms. The highest BCUT2D eigenvalue weighted by Crippen LogP contribution is 2.49. The van der Waals surface area contributed by atoms with Gasteiger partial charge in [0.15, 0.2) is 0 Å². The quantitative estimate of drug-likeness (QED) is 0.654. The SMILES string of the molecule is CS(=O)(=O)Nc1cc(C2(C(=O)NC(CN3CCCC3)c3ccccc3)CC2)ccc1F. The average molecular weight is 446 g/mol. The van der Waals surface area contributed by atoms with E-state index in [0.717, 1.165) is 31.5 Å². The largest absolute Gasteiger partial charge is 0.347 e. The summed E-state index contributed by atoms with van der Waals surface area (Å²) < 4.78 is 39.5. The van der Waals surface area contributed by atoms with Crippen molar-refractivity contribution >= 4 is 21.6 Å². The second kappa shape index (κ2) is 8.59. The van der Waals surface area contributed by atoms with E-state index in [0.29, 0.717) is 18.4 Å². The lowest BCUT2D eigenvalue weighted by Gasteiger charge is -2.27. The first-order valence-corrected chi connectivity index (χ1v) is 12.5. The van der Waals surface area contributed by atoms with Crippen LogP contribution >= 0.6 is 0 Å². The second-order valence-corrected chi connectivity index (χ2v) is 10.3. The molecule has 2 aliphatic rings. The standard InChI is InChI=1S/C23H28FN3O3S/c1-31(29,30)26-20-15-18(9-10-19(20)24)23(11-12-23)22(28)25-21(16-27-13-5-6-14-27)17-7-3-2-4-8-17/h2-4,7-10,15,21,26H,5-6,11-14,16H2,1H3,(H,25,28). The van der Waals surface area contributed by atoms with Crippen LogP contribution in [0.3, 0.4) is 0 Å². The molecule has 0 spiro atoms. The van der Waals surface area contributed by atoms with Gasteiger partial charge in [0.1, 0.15) is 5.82 Å². The van der Waals surface area contributed by atoms with Crippen molar-refractivity contribution in [2.24, 2.45) is 0 Å². The van der Waals surface area contributed by atoms with Crippen LogP contribution in [0.1, 0.15) is 42.9 Å². The zero-order chi connectivity index (χ0) is 22.1. The minimum atomic E-state index is -3.63. The minimum absolute atomic E-state index is 0.0996. The van der Waals surface area contributed by atoms with Crippen molar-refractivity contribution < 1.29 is 17.6 Å². The van der Waals surface area contributed by atoms with Crippen molar-refractivity contribution in [2.45, 2.75) is 37.1 Å². The van der Waals surface area contributed by atoms with Crippen LogP contribution in [0, 0.1) is 5.82 Å². The fraction of sp³-hybridized carbons (Fsp3) is 0.435. The Bertz CT molecular complexity index is 1050. The second-order valence-electron chi connectivity index (χ2n) is 8.60. The molecule has 0 bridgehead atoms. The molecule has 0 aromatic heterocycles. The number of carbonyl (C=O) groups is 1. The van der Waals surface area contributed by atoms with Crippen molar-refractivity contribution in [1.82, 2.24) is 10.2 Å². The number of benzene rings is 2. The predicted molar refractivity (Wildman–Crippen MR) is 119 cm³/mol. The molecule has 8 heteroatoms. The molecule has 0 radical (unpaired) electrons. The zero-order valence-corrected chi connectivity index (χ0v) is 18.4. The van der Waals surface area contributed by atoms with E-state index in [1.165, 1.54) is 25.0 Å². The highest BCUT2D eigenvalue weighted by atomic mass is 32.2. The molecule has 2 aromatic carbocycles. The molecule has 2 fully saturated rings. The van der Waals surface area contributed by atoms with Gasteiger partial charge in [-0.05, 0) is 62.0 Å². The number of nitrogens with zero attached hydrogens (tertiary/aromatic N) is 1. The number of rotatable bonds is 8. The van der Waals surface area contributed by atoms with E-state index in [4.69, 9.17) is 0 Å². The first-order valence-electron chi connectivity index (χ1n) is 10.6. The number of anilines is 1. The number of hydrogen-bond acceptors (Lipinski definition) is 4. The van der Waals surface area contributed by atoms with Crippen molar-refractivity contribution in [2.75, 3.05) is 30.6 Å². The van der Waals surface area contributed by atoms with E-state index in [-0.39, 0.29) is 17.6 Å². The Balaban J connectivity index is 1.56. The van der Waals surface area contributed by atoms with E-state index < -0.39 is 21.3 Å². The molecule has 166 valence electrons. The first-order chi connectivity index (χ1) is 14.8. The molecule has 1 aliphatic heterocycles. The van der Waals surface area contributed by atoms with Crippen LogP contribution in [0.2, 0.25) is 0 Å². The van der Waals surface area contributed by atoms with Crippen LogP contribution in [-0.2, 0) is 20.2 Å². The van der Waals surface area contributed by atoms with Gasteiger partial charge < -0.3 is 10.2 Å². The van der Waals surface area contributed by atoms with Crippen LogP contribution in [0.25, 0.3) is 0 Å². The summed E-state index contributed by atoms with van der Waals surface area (Å²) >= 11 is 0. The predicted octanol–water partition coefficient (Wildman–Crippen LogP) is 3.18. The molecule has 1 amide bonds. The molecule has 4 rings (SSSR count). The van der Waals surface area contributed by atoms with E-state index in [9.17, 15) is 17.6 Å². The maximum absolute atomic E-state index is 14.1. The Morgan fingerprint density at radius 2 is 1.81 bits per heavy atom. The highest BCUT2D eigenvalue weighted by molar-refractivity contribution is 7.92. The smallest absolute Gasteiger partial charge is 0.231 e. The molecule has 1 saturated carbocycles. The number of carbonyl (C=O) groups excluding carboxylic acids is 1. The molecule has 2 N–H and O–H groups in total. The molecular formula is C23H28FN3O3S.